The van der Waals surface area contributed by atoms with E-state index in [0.717, 1.165) is 96.9 Å². The van der Waals surface area contributed by atoms with Crippen LogP contribution in [0.1, 0.15) is 168 Å². The van der Waals surface area contributed by atoms with Crippen LogP contribution in [0.4, 0.5) is 0 Å². The molecule has 2 fully saturated rings. The molecule has 6 nitrogen and oxygen atoms in total. The van der Waals surface area contributed by atoms with E-state index in [1.165, 1.54) is 27.8 Å². The molecule has 3 heterocycles. The van der Waals surface area contributed by atoms with Gasteiger partial charge in [0.2, 0.25) is 0 Å². The quantitative estimate of drug-likeness (QED) is 0.0869. The zero-order valence-corrected chi connectivity index (χ0v) is 41.8. The predicted octanol–water partition coefficient (Wildman–Crippen LogP) is 13.4. The highest BCUT2D eigenvalue weighted by atomic mass is 28.4. The van der Waals surface area contributed by atoms with Crippen LogP contribution in [0.15, 0.2) is 36.4 Å². The van der Waals surface area contributed by atoms with E-state index >= 15 is 4.79 Å². The Morgan fingerprint density at radius 1 is 0.917 bits per heavy atom. The lowest BCUT2D eigenvalue weighted by Crippen LogP contribution is -2.63. The van der Waals surface area contributed by atoms with Gasteiger partial charge in [-0.15, -0.1) is 0 Å². The van der Waals surface area contributed by atoms with Gasteiger partial charge in [-0.25, -0.2) is 0 Å². The lowest BCUT2D eigenvalue weighted by molar-refractivity contribution is -0.141. The molecular weight excluding hydrogens is 775 g/mol. The van der Waals surface area contributed by atoms with Crippen LogP contribution < -0.4 is 0 Å². The van der Waals surface area contributed by atoms with Gasteiger partial charge in [0.25, 0.3) is 0 Å². The van der Waals surface area contributed by atoms with Crippen LogP contribution in [0.3, 0.4) is 0 Å². The highest BCUT2D eigenvalue weighted by Gasteiger charge is 2.68. The second-order valence-corrected chi connectivity index (χ2v) is 31.4. The summed E-state index contributed by atoms with van der Waals surface area (Å²) < 4.78 is 24.6. The van der Waals surface area contributed by atoms with E-state index in [-0.39, 0.29) is 40.2 Å². The van der Waals surface area contributed by atoms with E-state index in [9.17, 15) is 4.79 Å². The van der Waals surface area contributed by atoms with Gasteiger partial charge >= 0.3 is 0 Å². The van der Waals surface area contributed by atoms with Crippen molar-refractivity contribution in [3.63, 3.8) is 0 Å². The summed E-state index contributed by atoms with van der Waals surface area (Å²) in [6.45, 7) is 37.0. The molecule has 8 heteroatoms. The Balaban J connectivity index is 1.38. The molecule has 0 spiro atoms. The molecule has 8 rings (SSSR count). The van der Waals surface area contributed by atoms with E-state index in [2.05, 4.69) is 126 Å². The number of Topliss-reactive ketones (excluding diaryl/α,β-unsaturated/α-hetero) is 1. The molecule has 1 aromatic carbocycles. The molecule has 0 saturated heterocycles. The van der Waals surface area contributed by atoms with Crippen molar-refractivity contribution in [3.05, 3.63) is 64.4 Å². The van der Waals surface area contributed by atoms with Crippen LogP contribution in [0.2, 0.25) is 36.3 Å². The smallest absolute Gasteiger partial charge is 0.192 e. The molecule has 2 aromatic rings. The zero-order valence-electron chi connectivity index (χ0n) is 39.8. The summed E-state index contributed by atoms with van der Waals surface area (Å²) in [7, 11) is -4.08. The third kappa shape index (κ3) is 5.77. The molecule has 6 aliphatic rings. The van der Waals surface area contributed by atoms with Gasteiger partial charge in [-0.2, -0.15) is 0 Å². The second kappa shape index (κ2) is 14.6. The first kappa shape index (κ1) is 44.2. The van der Waals surface area contributed by atoms with E-state index in [1.54, 1.807) is 6.08 Å². The van der Waals surface area contributed by atoms with Gasteiger partial charge in [0.05, 0.1) is 34.5 Å². The Hall–Kier alpha value is -2.37. The van der Waals surface area contributed by atoms with Gasteiger partial charge in [0.1, 0.15) is 12.3 Å². The monoisotopic (exact) mass is 852 g/mol. The third-order valence-electron chi connectivity index (χ3n) is 18.7. The number of fused-ring (bicyclic) bond motifs is 11. The van der Waals surface area contributed by atoms with Gasteiger partial charge in [-0.3, -0.25) is 9.59 Å². The fourth-order valence-electron chi connectivity index (χ4n) is 15.2. The Labute approximate surface area is 364 Å². The first-order chi connectivity index (χ1) is 28.2. The van der Waals surface area contributed by atoms with E-state index in [4.69, 9.17) is 13.6 Å². The van der Waals surface area contributed by atoms with E-state index in [0.29, 0.717) is 11.8 Å². The van der Waals surface area contributed by atoms with Crippen molar-refractivity contribution in [1.29, 1.82) is 0 Å². The fraction of sp³-hybridized carbons (Fsp3) is 0.692. The largest absolute Gasteiger partial charge is 0.413 e. The van der Waals surface area contributed by atoms with Crippen LogP contribution in [0.5, 0.6) is 0 Å². The molecular formula is C52H77NO5Si2. The number of carbonyl (C=O) groups is 2. The summed E-state index contributed by atoms with van der Waals surface area (Å²) in [6, 6.07) is 8.52. The second-order valence-electron chi connectivity index (χ2n) is 22.0. The van der Waals surface area contributed by atoms with Crippen molar-refractivity contribution in [2.45, 2.75) is 200 Å². The summed E-state index contributed by atoms with van der Waals surface area (Å²) in [5, 5.41) is 1.27. The highest BCUT2D eigenvalue weighted by Crippen LogP contribution is 2.72. The molecule has 1 aromatic heterocycles. The van der Waals surface area contributed by atoms with Crippen LogP contribution in [-0.2, 0) is 30.2 Å². The summed E-state index contributed by atoms with van der Waals surface area (Å²) in [4.78, 5) is 27.8. The minimum Gasteiger partial charge on any atom is -0.413 e. The van der Waals surface area contributed by atoms with Gasteiger partial charge in [0, 0.05) is 33.4 Å². The maximum absolute atomic E-state index is 15.6. The van der Waals surface area contributed by atoms with Crippen molar-refractivity contribution in [2.24, 2.45) is 28.6 Å². The van der Waals surface area contributed by atoms with E-state index in [1.807, 2.05) is 0 Å². The number of ether oxygens (including phenoxy) is 1. The predicted molar refractivity (Wildman–Crippen MR) is 252 cm³/mol. The number of aldehydes is 1. The van der Waals surface area contributed by atoms with Crippen molar-refractivity contribution in [2.75, 3.05) is 0 Å². The third-order valence-corrected chi connectivity index (χ3v) is 28.0. The molecule has 0 N–H and O–H groups in total. The molecule has 2 saturated carbocycles. The van der Waals surface area contributed by atoms with Crippen molar-refractivity contribution < 1.29 is 23.2 Å². The number of hydrogen-bond donors (Lipinski definition) is 0. The van der Waals surface area contributed by atoms with Crippen LogP contribution in [0, 0.1) is 28.6 Å². The molecule has 9 atom stereocenters. The SMILES string of the molecule is C=C(C)[C@H]1C(=O)c2c3c(cc4c5c(n1c24)[C@@]1(C)C(CC[C@H]2[C@](C)(/C=C/C=O)[C@@H](O[Si](CC)(CC)CC)CC[C@@]21C)C5)C1=CC(C)(C)OC(C)(C)C1[C@@H]3O[Si](CC)(CC)CC. The van der Waals surface area contributed by atoms with Gasteiger partial charge in [-0.1, -0.05) is 80.5 Å². The van der Waals surface area contributed by atoms with E-state index < -0.39 is 33.9 Å². The first-order valence-electron chi connectivity index (χ1n) is 24.0. The topological polar surface area (TPSA) is 66.8 Å². The summed E-state index contributed by atoms with van der Waals surface area (Å²) in [5.74, 6) is 0.939. The standard InChI is InChI=1S/C52H77NO5Si2/c1-16-59(17-2,18-3)56-39-25-27-51(14)38(50(39,13)26-22-28-54)24-23-33-29-36-35-30-34-37-31-48(9,10)58-49(11,12)42(37)46(57-60(19-4,20-5)21-6)40(34)41-44(35)53(47(36)52(33,51)15)43(32(7)8)45(41)55/h22,26,28,30-31,33,38-39,42-43,46H,7,16-21,23-25,27,29H2,1-6,8-15H3/b26-22+/t33?,38-,39-,42?,43-,46+,50-,51-,52+/m0/s1. The summed E-state index contributed by atoms with van der Waals surface area (Å²) in [5.41, 5.74) is 7.82. The maximum Gasteiger partial charge on any atom is 0.192 e. The fourth-order valence-corrected chi connectivity index (χ4v) is 21.0. The van der Waals surface area contributed by atoms with Crippen LogP contribution in [-0.4, -0.2) is 50.6 Å². The van der Waals surface area contributed by atoms with Gasteiger partial charge in [-0.05, 0) is 155 Å². The number of ketones is 1. The summed E-state index contributed by atoms with van der Waals surface area (Å²) in [6.07, 6.45) is 12.4. The van der Waals surface area contributed by atoms with Gasteiger partial charge in [0.15, 0.2) is 22.4 Å². The molecule has 4 aliphatic carbocycles. The number of benzene rings is 1. The minimum absolute atomic E-state index is 0.0119. The van der Waals surface area contributed by atoms with Crippen LogP contribution in [0.25, 0.3) is 16.5 Å². The summed E-state index contributed by atoms with van der Waals surface area (Å²) >= 11 is 0. The molecule has 328 valence electrons. The Morgan fingerprint density at radius 3 is 2.12 bits per heavy atom. The Bertz CT molecular complexity index is 2170. The molecule has 0 bridgehead atoms. The lowest BCUT2D eigenvalue weighted by atomic mass is 9.40. The average molecular weight is 852 g/mol. The van der Waals surface area contributed by atoms with Crippen molar-refractivity contribution in [1.82, 2.24) is 4.57 Å². The number of hydrogen-bond acceptors (Lipinski definition) is 5. The molecule has 2 aliphatic heterocycles. The molecule has 2 unspecified atom stereocenters. The van der Waals surface area contributed by atoms with Crippen molar-refractivity contribution >= 4 is 45.2 Å². The molecule has 0 amide bonds. The highest BCUT2D eigenvalue weighted by molar-refractivity contribution is 6.74. The number of rotatable bonds is 13. The lowest BCUT2D eigenvalue weighted by Gasteiger charge is -2.65. The zero-order chi connectivity index (χ0) is 43.7. The number of nitrogens with zero attached hydrogens (tertiary/aromatic N) is 1. The minimum atomic E-state index is -2.14. The normalized spacial score (nSPS) is 35.0. The number of aromatic nitrogens is 1. The maximum atomic E-state index is 15.6. The average Bonchev–Trinajstić information content (AvgIpc) is 3.88. The van der Waals surface area contributed by atoms with Crippen LogP contribution >= 0.6 is 0 Å². The molecule has 0 radical (unpaired) electrons. The number of allylic oxidation sites excluding steroid dienone is 2. The Kier molecular flexibility index (Phi) is 10.8. The number of carbonyl (C=O) groups excluding carboxylic acids is 2. The first-order valence-corrected chi connectivity index (χ1v) is 29.1. The Morgan fingerprint density at radius 2 is 1.53 bits per heavy atom. The van der Waals surface area contributed by atoms with Gasteiger partial charge < -0.3 is 18.2 Å². The molecule has 60 heavy (non-hydrogen) atoms. The van der Waals surface area contributed by atoms with Crippen molar-refractivity contribution in [3.8, 4) is 0 Å².